The summed E-state index contributed by atoms with van der Waals surface area (Å²) in [6.07, 6.45) is 3.13. The molecule has 1 nitrogen and oxygen atoms in total. The van der Waals surface area contributed by atoms with Gasteiger partial charge in [-0.2, -0.15) is 0 Å². The zero-order valence-corrected chi connectivity index (χ0v) is 9.01. The van der Waals surface area contributed by atoms with Crippen molar-refractivity contribution in [1.29, 1.82) is 0 Å². The van der Waals surface area contributed by atoms with Crippen LogP contribution in [0.5, 0.6) is 0 Å². The van der Waals surface area contributed by atoms with Crippen molar-refractivity contribution < 1.29 is 8.78 Å². The van der Waals surface area contributed by atoms with Crippen LogP contribution in [-0.2, 0) is 5.88 Å². The second-order valence-corrected chi connectivity index (χ2v) is 3.61. The monoisotopic (exact) mass is 239 g/mol. The van der Waals surface area contributed by atoms with E-state index in [2.05, 4.69) is 4.98 Å². The average Bonchev–Trinajstić information content (AvgIpc) is 2.29. The number of pyridine rings is 1. The lowest BCUT2D eigenvalue weighted by molar-refractivity contribution is 0.585. The van der Waals surface area contributed by atoms with Crippen molar-refractivity contribution in [3.63, 3.8) is 0 Å². The van der Waals surface area contributed by atoms with Gasteiger partial charge in [-0.05, 0) is 23.8 Å². The zero-order valence-electron chi connectivity index (χ0n) is 8.25. The fraction of sp³-hybridized carbons (Fsp3) is 0.0833. The summed E-state index contributed by atoms with van der Waals surface area (Å²) in [6.45, 7) is 0. The van der Waals surface area contributed by atoms with E-state index in [1.54, 1.807) is 12.3 Å². The van der Waals surface area contributed by atoms with Crippen LogP contribution < -0.4 is 0 Å². The van der Waals surface area contributed by atoms with Crippen molar-refractivity contribution in [2.24, 2.45) is 0 Å². The molecule has 1 aromatic heterocycles. The molecule has 1 aromatic carbocycles. The summed E-state index contributed by atoms with van der Waals surface area (Å²) >= 11 is 5.66. The second-order valence-electron chi connectivity index (χ2n) is 3.34. The van der Waals surface area contributed by atoms with E-state index < -0.39 is 11.6 Å². The molecule has 2 aromatic rings. The minimum atomic E-state index is -0.603. The van der Waals surface area contributed by atoms with Crippen LogP contribution in [0.15, 0.2) is 36.7 Å². The SMILES string of the molecule is Fc1ccc(-c2cncc(CCl)c2)c(F)c1. The molecule has 0 aliphatic carbocycles. The maximum absolute atomic E-state index is 13.5. The molecule has 0 aliphatic rings. The Morgan fingerprint density at radius 3 is 2.62 bits per heavy atom. The lowest BCUT2D eigenvalue weighted by Crippen LogP contribution is -1.89. The van der Waals surface area contributed by atoms with Gasteiger partial charge >= 0.3 is 0 Å². The van der Waals surface area contributed by atoms with Crippen molar-refractivity contribution in [3.05, 3.63) is 53.9 Å². The van der Waals surface area contributed by atoms with Gasteiger partial charge in [0.15, 0.2) is 0 Å². The molecular formula is C12H8ClF2N. The molecule has 0 saturated heterocycles. The van der Waals surface area contributed by atoms with Gasteiger partial charge in [-0.25, -0.2) is 8.78 Å². The minimum absolute atomic E-state index is 0.309. The Morgan fingerprint density at radius 1 is 1.12 bits per heavy atom. The number of benzene rings is 1. The molecule has 0 bridgehead atoms. The quantitative estimate of drug-likeness (QED) is 0.727. The molecule has 0 N–H and O–H groups in total. The van der Waals surface area contributed by atoms with Crippen LogP contribution in [0, 0.1) is 11.6 Å². The Morgan fingerprint density at radius 2 is 1.94 bits per heavy atom. The first-order valence-corrected chi connectivity index (χ1v) is 5.19. The van der Waals surface area contributed by atoms with Crippen LogP contribution in [0.3, 0.4) is 0 Å². The molecule has 2 rings (SSSR count). The lowest BCUT2D eigenvalue weighted by Gasteiger charge is -2.04. The fourth-order valence-electron chi connectivity index (χ4n) is 1.43. The summed E-state index contributed by atoms with van der Waals surface area (Å²) in [5, 5.41) is 0. The topological polar surface area (TPSA) is 12.9 Å². The van der Waals surface area contributed by atoms with Gasteiger partial charge in [0.25, 0.3) is 0 Å². The van der Waals surface area contributed by atoms with E-state index in [0.717, 1.165) is 11.6 Å². The molecule has 1 heterocycles. The van der Waals surface area contributed by atoms with E-state index in [4.69, 9.17) is 11.6 Å². The molecule has 0 spiro atoms. The Labute approximate surface area is 96.7 Å². The third kappa shape index (κ3) is 2.19. The van der Waals surface area contributed by atoms with Crippen molar-refractivity contribution >= 4 is 11.6 Å². The highest BCUT2D eigenvalue weighted by Gasteiger charge is 2.07. The molecule has 0 unspecified atom stereocenters. The van der Waals surface area contributed by atoms with Crippen molar-refractivity contribution in [3.8, 4) is 11.1 Å². The zero-order chi connectivity index (χ0) is 11.5. The lowest BCUT2D eigenvalue weighted by atomic mass is 10.1. The second kappa shape index (κ2) is 4.58. The predicted molar refractivity (Wildman–Crippen MR) is 59.1 cm³/mol. The van der Waals surface area contributed by atoms with Crippen molar-refractivity contribution in [2.45, 2.75) is 5.88 Å². The third-order valence-electron chi connectivity index (χ3n) is 2.19. The summed E-state index contributed by atoms with van der Waals surface area (Å²) in [7, 11) is 0. The largest absolute Gasteiger partial charge is 0.264 e. The first-order chi connectivity index (χ1) is 7.70. The van der Waals surface area contributed by atoms with Gasteiger partial charge in [-0.1, -0.05) is 0 Å². The minimum Gasteiger partial charge on any atom is -0.264 e. The maximum Gasteiger partial charge on any atom is 0.133 e. The summed E-state index contributed by atoms with van der Waals surface area (Å²) < 4.78 is 26.2. The summed E-state index contributed by atoms with van der Waals surface area (Å²) in [6, 6.07) is 5.19. The van der Waals surface area contributed by atoms with Gasteiger partial charge in [0, 0.05) is 35.5 Å². The molecule has 0 atom stereocenters. The van der Waals surface area contributed by atoms with Gasteiger partial charge < -0.3 is 0 Å². The first-order valence-electron chi connectivity index (χ1n) is 4.66. The normalized spacial score (nSPS) is 10.4. The summed E-state index contributed by atoms with van der Waals surface area (Å²) in [5.74, 6) is -0.889. The number of alkyl halides is 1. The number of aromatic nitrogens is 1. The van der Waals surface area contributed by atoms with Crippen LogP contribution in [0.25, 0.3) is 11.1 Å². The average molecular weight is 240 g/mol. The van der Waals surface area contributed by atoms with E-state index in [1.165, 1.54) is 18.3 Å². The van der Waals surface area contributed by atoms with Crippen LogP contribution in [0.2, 0.25) is 0 Å². The van der Waals surface area contributed by atoms with Crippen LogP contribution >= 0.6 is 11.6 Å². The summed E-state index contributed by atoms with van der Waals surface area (Å²) in [4.78, 5) is 3.95. The number of nitrogens with zero attached hydrogens (tertiary/aromatic N) is 1. The van der Waals surface area contributed by atoms with E-state index in [9.17, 15) is 8.78 Å². The molecule has 4 heteroatoms. The highest BCUT2D eigenvalue weighted by Crippen LogP contribution is 2.23. The van der Waals surface area contributed by atoms with Gasteiger partial charge in [-0.3, -0.25) is 4.98 Å². The number of hydrogen-bond acceptors (Lipinski definition) is 1. The molecule has 0 amide bonds. The van der Waals surface area contributed by atoms with Crippen molar-refractivity contribution in [2.75, 3.05) is 0 Å². The third-order valence-corrected chi connectivity index (χ3v) is 2.50. The predicted octanol–water partition coefficient (Wildman–Crippen LogP) is 3.77. The molecule has 16 heavy (non-hydrogen) atoms. The van der Waals surface area contributed by atoms with E-state index >= 15 is 0 Å². The fourth-order valence-corrected chi connectivity index (χ4v) is 1.58. The standard InChI is InChI=1S/C12H8ClF2N/c13-5-8-3-9(7-16-6-8)11-2-1-10(14)4-12(11)15/h1-4,6-7H,5H2. The van der Waals surface area contributed by atoms with Crippen molar-refractivity contribution in [1.82, 2.24) is 4.98 Å². The number of hydrogen-bond donors (Lipinski definition) is 0. The highest BCUT2D eigenvalue weighted by molar-refractivity contribution is 6.17. The Bertz CT molecular complexity index is 514. The van der Waals surface area contributed by atoms with Gasteiger partial charge in [-0.15, -0.1) is 11.6 Å². The van der Waals surface area contributed by atoms with E-state index in [0.29, 0.717) is 17.0 Å². The van der Waals surface area contributed by atoms with Gasteiger partial charge in [0.1, 0.15) is 11.6 Å². The maximum atomic E-state index is 13.5. The van der Waals surface area contributed by atoms with E-state index in [1.807, 2.05) is 0 Å². The summed E-state index contributed by atoms with van der Waals surface area (Å²) in [5.41, 5.74) is 1.71. The molecule has 0 saturated carbocycles. The first kappa shape index (κ1) is 11.0. The van der Waals surface area contributed by atoms with Gasteiger partial charge in [0.2, 0.25) is 0 Å². The van der Waals surface area contributed by atoms with Crippen LogP contribution in [0.4, 0.5) is 8.78 Å². The Hall–Kier alpha value is -1.48. The highest BCUT2D eigenvalue weighted by atomic mass is 35.5. The molecule has 0 fully saturated rings. The Balaban J connectivity index is 2.49. The number of rotatable bonds is 2. The molecule has 0 aliphatic heterocycles. The van der Waals surface area contributed by atoms with Gasteiger partial charge in [0.05, 0.1) is 0 Å². The van der Waals surface area contributed by atoms with E-state index in [-0.39, 0.29) is 0 Å². The molecule has 0 radical (unpaired) electrons. The Kier molecular flexibility index (Phi) is 3.15. The van der Waals surface area contributed by atoms with Crippen LogP contribution in [0.1, 0.15) is 5.56 Å². The van der Waals surface area contributed by atoms with Crippen LogP contribution in [-0.4, -0.2) is 4.98 Å². The molecular weight excluding hydrogens is 232 g/mol. The molecule has 82 valence electrons. The smallest absolute Gasteiger partial charge is 0.133 e. The number of halogens is 3.